The first-order valence-electron chi connectivity index (χ1n) is 5.36. The maximum atomic E-state index is 10.3. The lowest BCUT2D eigenvalue weighted by atomic mass is 10.1. The van der Waals surface area contributed by atoms with E-state index in [2.05, 4.69) is 24.3 Å². The highest BCUT2D eigenvalue weighted by Crippen LogP contribution is 2.10. The molecule has 0 aromatic heterocycles. The predicted octanol–water partition coefficient (Wildman–Crippen LogP) is -0.885. The van der Waals surface area contributed by atoms with Gasteiger partial charge in [-0.25, -0.2) is 0 Å². The van der Waals surface area contributed by atoms with E-state index in [1.54, 1.807) is 0 Å². The molecule has 1 aromatic rings. The molecule has 0 spiro atoms. The number of benzene rings is 1. The number of aliphatic carboxylic acids is 1. The number of hydrogen-bond donors (Lipinski definition) is 1. The van der Waals surface area contributed by atoms with Gasteiger partial charge in [-0.3, -0.25) is 0 Å². The van der Waals surface area contributed by atoms with Crippen molar-refractivity contribution >= 4 is 5.97 Å². The molecule has 0 saturated carbocycles. The van der Waals surface area contributed by atoms with Gasteiger partial charge in [0.2, 0.25) is 0 Å². The molecule has 3 heteroatoms. The van der Waals surface area contributed by atoms with Gasteiger partial charge in [0.05, 0.1) is 6.54 Å². The summed E-state index contributed by atoms with van der Waals surface area (Å²) < 4.78 is 0. The number of nitrogens with one attached hydrogen (secondary N) is 1. The first-order valence-corrected chi connectivity index (χ1v) is 5.36. The Morgan fingerprint density at radius 2 is 1.87 bits per heavy atom. The molecule has 1 N–H and O–H groups in total. The Balaban J connectivity index is 1.83. The molecule has 0 saturated heterocycles. The van der Waals surface area contributed by atoms with Crippen LogP contribution in [0.5, 0.6) is 0 Å². The molecule has 80 valence electrons. The van der Waals surface area contributed by atoms with Crippen LogP contribution in [-0.4, -0.2) is 12.5 Å². The number of hydrogen-bond acceptors (Lipinski definition) is 2. The van der Waals surface area contributed by atoms with Crippen LogP contribution in [0.4, 0.5) is 0 Å². The van der Waals surface area contributed by atoms with E-state index in [9.17, 15) is 9.90 Å². The van der Waals surface area contributed by atoms with Crippen molar-refractivity contribution in [2.24, 2.45) is 0 Å². The van der Waals surface area contributed by atoms with E-state index in [0.29, 0.717) is 6.42 Å². The number of carboxylic acid groups (broad SMARTS) is 1. The average Bonchev–Trinajstić information content (AvgIpc) is 2.59. The SMILES string of the molecule is O=C([O-])CCC[NH+]1Cc2ccccc2C1. The number of carboxylic acids is 1. The third-order valence-corrected chi connectivity index (χ3v) is 2.91. The van der Waals surface area contributed by atoms with Gasteiger partial charge < -0.3 is 14.8 Å². The minimum atomic E-state index is -0.939. The largest absolute Gasteiger partial charge is 0.550 e. The van der Waals surface area contributed by atoms with Crippen LogP contribution < -0.4 is 10.0 Å². The Hall–Kier alpha value is -1.35. The van der Waals surface area contributed by atoms with Crippen molar-refractivity contribution in [2.75, 3.05) is 6.54 Å². The number of fused-ring (bicyclic) bond motifs is 1. The second kappa shape index (κ2) is 4.45. The first-order chi connectivity index (χ1) is 7.25. The Kier molecular flexibility index (Phi) is 3.02. The molecule has 0 bridgehead atoms. The van der Waals surface area contributed by atoms with Crippen LogP contribution >= 0.6 is 0 Å². The molecule has 0 fully saturated rings. The number of rotatable bonds is 4. The molecule has 1 aromatic carbocycles. The van der Waals surface area contributed by atoms with Crippen molar-refractivity contribution < 1.29 is 14.8 Å². The number of carbonyl (C=O) groups is 1. The van der Waals surface area contributed by atoms with Crippen LogP contribution in [-0.2, 0) is 17.9 Å². The topological polar surface area (TPSA) is 44.6 Å². The van der Waals surface area contributed by atoms with E-state index in [0.717, 1.165) is 19.6 Å². The van der Waals surface area contributed by atoms with E-state index < -0.39 is 5.97 Å². The molecule has 0 unspecified atom stereocenters. The highest BCUT2D eigenvalue weighted by atomic mass is 16.4. The van der Waals surface area contributed by atoms with Crippen LogP contribution in [0.25, 0.3) is 0 Å². The lowest BCUT2D eigenvalue weighted by Gasteiger charge is -2.11. The quantitative estimate of drug-likeness (QED) is 0.693. The van der Waals surface area contributed by atoms with Crippen molar-refractivity contribution in [3.8, 4) is 0 Å². The third-order valence-electron chi connectivity index (χ3n) is 2.91. The predicted molar refractivity (Wildman–Crippen MR) is 53.9 cm³/mol. The third kappa shape index (κ3) is 2.57. The van der Waals surface area contributed by atoms with E-state index in [1.165, 1.54) is 16.0 Å². The summed E-state index contributed by atoms with van der Waals surface area (Å²) in [5.41, 5.74) is 2.81. The van der Waals surface area contributed by atoms with E-state index in [4.69, 9.17) is 0 Å². The van der Waals surface area contributed by atoms with Gasteiger partial charge in [-0.1, -0.05) is 24.3 Å². The molecular formula is C12H15NO2. The summed E-state index contributed by atoms with van der Waals surface area (Å²) in [6.07, 6.45) is 0.894. The van der Waals surface area contributed by atoms with Gasteiger partial charge >= 0.3 is 0 Å². The summed E-state index contributed by atoms with van der Waals surface area (Å²) in [7, 11) is 0. The molecule has 0 radical (unpaired) electrons. The van der Waals surface area contributed by atoms with Crippen molar-refractivity contribution in [2.45, 2.75) is 25.9 Å². The average molecular weight is 205 g/mol. The maximum Gasteiger partial charge on any atom is 0.104 e. The molecule has 0 atom stereocenters. The summed E-state index contributed by atoms with van der Waals surface area (Å²) in [6.45, 7) is 2.98. The van der Waals surface area contributed by atoms with Crippen LogP contribution in [0.1, 0.15) is 24.0 Å². The van der Waals surface area contributed by atoms with E-state index >= 15 is 0 Å². The van der Waals surface area contributed by atoms with Crippen LogP contribution in [0, 0.1) is 0 Å². The zero-order valence-corrected chi connectivity index (χ0v) is 8.66. The fourth-order valence-electron chi connectivity index (χ4n) is 2.16. The lowest BCUT2D eigenvalue weighted by Crippen LogP contribution is -3.07. The van der Waals surface area contributed by atoms with E-state index in [-0.39, 0.29) is 6.42 Å². The van der Waals surface area contributed by atoms with E-state index in [1.807, 2.05) is 0 Å². The standard InChI is InChI=1S/C12H15NO2/c14-12(15)6-3-7-13-8-10-4-1-2-5-11(10)9-13/h1-2,4-5H,3,6-9H2,(H,14,15). The Labute approximate surface area is 89.3 Å². The van der Waals surface area contributed by atoms with Crippen molar-refractivity contribution in [1.82, 2.24) is 0 Å². The molecule has 0 amide bonds. The highest BCUT2D eigenvalue weighted by Gasteiger charge is 2.20. The first kappa shape index (κ1) is 10.2. The van der Waals surface area contributed by atoms with Crippen LogP contribution in [0.15, 0.2) is 24.3 Å². The van der Waals surface area contributed by atoms with Gasteiger partial charge in [0, 0.05) is 23.5 Å². The molecular weight excluding hydrogens is 190 g/mol. The van der Waals surface area contributed by atoms with Gasteiger partial charge in [0.25, 0.3) is 0 Å². The molecule has 15 heavy (non-hydrogen) atoms. The summed E-state index contributed by atoms with van der Waals surface area (Å²) in [5.74, 6) is -0.939. The molecule has 1 heterocycles. The van der Waals surface area contributed by atoms with Gasteiger partial charge in [0.15, 0.2) is 0 Å². The van der Waals surface area contributed by atoms with Gasteiger partial charge in [-0.2, -0.15) is 0 Å². The van der Waals surface area contributed by atoms with Crippen LogP contribution in [0.3, 0.4) is 0 Å². The Bertz CT molecular complexity index is 337. The second-order valence-electron chi connectivity index (χ2n) is 4.10. The fraction of sp³-hybridized carbons (Fsp3) is 0.417. The number of carbonyl (C=O) groups excluding carboxylic acids is 1. The maximum absolute atomic E-state index is 10.3. The fourth-order valence-corrected chi connectivity index (χ4v) is 2.16. The van der Waals surface area contributed by atoms with Gasteiger partial charge in [-0.05, 0) is 6.42 Å². The van der Waals surface area contributed by atoms with Gasteiger partial charge in [-0.15, -0.1) is 0 Å². The smallest absolute Gasteiger partial charge is 0.104 e. The minimum Gasteiger partial charge on any atom is -0.550 e. The molecule has 3 nitrogen and oxygen atoms in total. The Morgan fingerprint density at radius 3 is 2.40 bits per heavy atom. The zero-order chi connectivity index (χ0) is 10.7. The summed E-state index contributed by atoms with van der Waals surface area (Å²) in [6, 6.07) is 8.42. The summed E-state index contributed by atoms with van der Waals surface area (Å²) in [4.78, 5) is 11.7. The highest BCUT2D eigenvalue weighted by molar-refractivity contribution is 5.64. The minimum absolute atomic E-state index is 0.180. The molecule has 1 aliphatic heterocycles. The summed E-state index contributed by atoms with van der Waals surface area (Å²) >= 11 is 0. The molecule has 1 aliphatic rings. The second-order valence-corrected chi connectivity index (χ2v) is 4.10. The van der Waals surface area contributed by atoms with Crippen LogP contribution in [0.2, 0.25) is 0 Å². The van der Waals surface area contributed by atoms with Crippen molar-refractivity contribution in [3.63, 3.8) is 0 Å². The van der Waals surface area contributed by atoms with Crippen molar-refractivity contribution in [3.05, 3.63) is 35.4 Å². The normalized spacial score (nSPS) is 15.2. The lowest BCUT2D eigenvalue weighted by molar-refractivity contribution is -0.920. The Morgan fingerprint density at radius 1 is 1.27 bits per heavy atom. The number of quaternary nitrogens is 1. The summed E-state index contributed by atoms with van der Waals surface area (Å²) in [5, 5.41) is 10.3. The van der Waals surface area contributed by atoms with Gasteiger partial charge in [0.1, 0.15) is 13.1 Å². The monoisotopic (exact) mass is 205 g/mol. The zero-order valence-electron chi connectivity index (χ0n) is 8.66. The van der Waals surface area contributed by atoms with Crippen molar-refractivity contribution in [1.29, 1.82) is 0 Å². The molecule has 0 aliphatic carbocycles. The molecule has 2 rings (SSSR count).